The number of ketones is 1. The molecule has 182 valence electrons. The summed E-state index contributed by atoms with van der Waals surface area (Å²) in [6.07, 6.45) is 17.3. The van der Waals surface area contributed by atoms with E-state index in [1.807, 2.05) is 12.1 Å². The summed E-state index contributed by atoms with van der Waals surface area (Å²) in [6.45, 7) is 9.34. The highest BCUT2D eigenvalue weighted by Crippen LogP contribution is 2.47. The van der Waals surface area contributed by atoms with Gasteiger partial charge in [0.15, 0.2) is 5.78 Å². The molecule has 0 saturated heterocycles. The second kappa shape index (κ2) is 10.3. The van der Waals surface area contributed by atoms with Crippen LogP contribution in [-0.4, -0.2) is 21.8 Å². The number of hydrogen-bond donors (Lipinski definition) is 0. The summed E-state index contributed by atoms with van der Waals surface area (Å²) in [5.41, 5.74) is 3.47. The predicted molar refractivity (Wildman–Crippen MR) is 136 cm³/mol. The lowest BCUT2D eigenvalue weighted by molar-refractivity contribution is -0.696. The highest BCUT2D eigenvalue weighted by molar-refractivity contribution is 6.07. The van der Waals surface area contributed by atoms with E-state index in [-0.39, 0.29) is 16.9 Å². The van der Waals surface area contributed by atoms with Gasteiger partial charge >= 0.3 is 0 Å². The van der Waals surface area contributed by atoms with Crippen molar-refractivity contribution in [2.75, 3.05) is 11.4 Å². The number of aryl methyl sites for hydroxylation is 2. The molecule has 0 unspecified atom stereocenters. The third-order valence-electron chi connectivity index (χ3n) is 6.74. The minimum Gasteiger partial charge on any atom is -0.344 e. The number of benzene rings is 1. The molecule has 0 bridgehead atoms. The lowest BCUT2D eigenvalue weighted by Gasteiger charge is -2.27. The highest BCUT2D eigenvalue weighted by Gasteiger charge is 2.39. The Bertz CT molecular complexity index is 1250. The quantitative estimate of drug-likeness (QED) is 0.225. The first-order valence-corrected chi connectivity index (χ1v) is 12.2. The van der Waals surface area contributed by atoms with Crippen LogP contribution in [0.15, 0.2) is 90.3 Å². The number of fused-ring (bicyclic) bond motifs is 1. The second-order valence-electron chi connectivity index (χ2n) is 9.59. The number of anilines is 1. The normalized spacial score (nSPS) is 18.9. The number of unbranched alkanes of at least 4 members (excludes halogenated alkanes) is 1. The van der Waals surface area contributed by atoms with Crippen LogP contribution in [0.4, 0.5) is 5.69 Å². The Hall–Kier alpha value is -3.74. The predicted octanol–water partition coefficient (Wildman–Crippen LogP) is 4.87. The van der Waals surface area contributed by atoms with Gasteiger partial charge in [0.1, 0.15) is 12.4 Å². The van der Waals surface area contributed by atoms with Crippen molar-refractivity contribution in [3.63, 3.8) is 0 Å². The standard InChI is InChI=1S/C28H33N4O3/c1-4-5-15-29-18-19-30(21-29)16-8-17-31-25-10-7-6-9-24(25)28(2,3)27(31)14-11-22-20-23(32(34)35)12-13-26(22)33/h6-7,9-14,18-21H,4-5,8,15-17H2,1-3H3/q+1/b22-11-,27-14+. The molecule has 0 atom stereocenters. The Morgan fingerprint density at radius 3 is 2.69 bits per heavy atom. The molecule has 0 saturated carbocycles. The monoisotopic (exact) mass is 473 g/mol. The Kier molecular flexibility index (Phi) is 7.15. The third-order valence-corrected chi connectivity index (χ3v) is 6.74. The lowest BCUT2D eigenvalue weighted by atomic mass is 9.83. The number of nitrogens with zero attached hydrogens (tertiary/aromatic N) is 4. The van der Waals surface area contributed by atoms with E-state index in [0.29, 0.717) is 5.57 Å². The minimum atomic E-state index is -0.473. The molecule has 1 aliphatic carbocycles. The number of carbonyl (C=O) groups is 1. The van der Waals surface area contributed by atoms with Crippen molar-refractivity contribution in [1.82, 2.24) is 4.57 Å². The maximum atomic E-state index is 12.4. The maximum Gasteiger partial charge on any atom is 0.270 e. The maximum absolute atomic E-state index is 12.4. The van der Waals surface area contributed by atoms with Gasteiger partial charge in [0.05, 0.1) is 18.0 Å². The molecule has 2 aliphatic rings. The van der Waals surface area contributed by atoms with Crippen LogP contribution in [0.2, 0.25) is 0 Å². The lowest BCUT2D eigenvalue weighted by Crippen LogP contribution is -2.34. The fourth-order valence-electron chi connectivity index (χ4n) is 4.79. The zero-order chi connectivity index (χ0) is 25.0. The van der Waals surface area contributed by atoms with Gasteiger partial charge in [-0.15, -0.1) is 0 Å². The molecule has 0 amide bonds. The molecule has 7 heteroatoms. The molecule has 1 aliphatic heterocycles. The van der Waals surface area contributed by atoms with Crippen LogP contribution in [0.3, 0.4) is 0 Å². The first-order valence-electron chi connectivity index (χ1n) is 12.2. The van der Waals surface area contributed by atoms with Crippen molar-refractivity contribution < 1.29 is 14.3 Å². The van der Waals surface area contributed by atoms with Gasteiger partial charge in [0, 0.05) is 47.5 Å². The van der Waals surface area contributed by atoms with Crippen LogP contribution in [0, 0.1) is 10.1 Å². The first kappa shape index (κ1) is 24.4. The van der Waals surface area contributed by atoms with Gasteiger partial charge in [-0.05, 0) is 36.3 Å². The molecule has 1 aromatic carbocycles. The highest BCUT2D eigenvalue weighted by atomic mass is 16.6. The molecule has 35 heavy (non-hydrogen) atoms. The van der Waals surface area contributed by atoms with Gasteiger partial charge in [-0.25, -0.2) is 9.13 Å². The summed E-state index contributed by atoms with van der Waals surface area (Å²) in [6, 6.07) is 8.39. The van der Waals surface area contributed by atoms with Crippen molar-refractivity contribution in [3.8, 4) is 0 Å². The van der Waals surface area contributed by atoms with E-state index in [4.69, 9.17) is 0 Å². The fourth-order valence-corrected chi connectivity index (χ4v) is 4.79. The molecule has 7 nitrogen and oxygen atoms in total. The Morgan fingerprint density at radius 2 is 1.91 bits per heavy atom. The topological polar surface area (TPSA) is 72.3 Å². The largest absolute Gasteiger partial charge is 0.344 e. The van der Waals surface area contributed by atoms with Crippen LogP contribution in [0.5, 0.6) is 0 Å². The number of aromatic nitrogens is 2. The number of allylic oxidation sites excluding steroid dienone is 7. The van der Waals surface area contributed by atoms with E-state index >= 15 is 0 Å². The van der Waals surface area contributed by atoms with Crippen molar-refractivity contribution >= 4 is 11.5 Å². The molecular weight excluding hydrogens is 440 g/mol. The van der Waals surface area contributed by atoms with Gasteiger partial charge < -0.3 is 4.90 Å². The number of carbonyl (C=O) groups excluding carboxylic acids is 1. The Morgan fingerprint density at radius 1 is 1.11 bits per heavy atom. The van der Waals surface area contributed by atoms with Gasteiger partial charge in [-0.1, -0.05) is 45.4 Å². The number of hydrogen-bond acceptors (Lipinski definition) is 4. The van der Waals surface area contributed by atoms with Crippen molar-refractivity contribution in [2.24, 2.45) is 0 Å². The van der Waals surface area contributed by atoms with E-state index in [9.17, 15) is 14.9 Å². The van der Waals surface area contributed by atoms with Gasteiger partial charge in [-0.2, -0.15) is 0 Å². The van der Waals surface area contributed by atoms with Crippen LogP contribution in [-0.2, 0) is 23.3 Å². The average Bonchev–Trinajstić information content (AvgIpc) is 3.37. The molecule has 0 fully saturated rings. The SMILES string of the molecule is CCCCn1cc[n+](CCCN2/C(=C/C=C3/C=C([N+](=O)[O-])C=CC3=O)C(C)(C)c3ccccc32)c1. The minimum absolute atomic E-state index is 0.0806. The summed E-state index contributed by atoms with van der Waals surface area (Å²) >= 11 is 0. The molecule has 1 aromatic heterocycles. The van der Waals surface area contributed by atoms with Crippen molar-refractivity contribution in [1.29, 1.82) is 0 Å². The molecule has 2 aromatic rings. The molecular formula is C28H33N4O3+. The summed E-state index contributed by atoms with van der Waals surface area (Å²) in [5, 5.41) is 11.2. The fraction of sp³-hybridized carbons (Fsp3) is 0.357. The second-order valence-corrected chi connectivity index (χ2v) is 9.59. The van der Waals surface area contributed by atoms with E-state index in [1.165, 1.54) is 42.3 Å². The van der Waals surface area contributed by atoms with Gasteiger partial charge in [-0.3, -0.25) is 14.9 Å². The molecule has 4 rings (SSSR count). The van der Waals surface area contributed by atoms with Gasteiger partial charge in [0.2, 0.25) is 6.33 Å². The van der Waals surface area contributed by atoms with Crippen LogP contribution >= 0.6 is 0 Å². The third kappa shape index (κ3) is 5.19. The molecule has 0 N–H and O–H groups in total. The number of imidazole rings is 1. The van der Waals surface area contributed by atoms with E-state index < -0.39 is 4.92 Å². The number of rotatable bonds is 9. The number of nitro groups is 1. The Balaban J connectivity index is 1.57. The summed E-state index contributed by atoms with van der Waals surface area (Å²) < 4.78 is 4.46. The van der Waals surface area contributed by atoms with Crippen LogP contribution < -0.4 is 9.47 Å². The van der Waals surface area contributed by atoms with Gasteiger partial charge in [0.25, 0.3) is 5.70 Å². The molecule has 0 spiro atoms. The summed E-state index contributed by atoms with van der Waals surface area (Å²) in [4.78, 5) is 25.4. The number of para-hydroxylation sites is 1. The smallest absolute Gasteiger partial charge is 0.270 e. The van der Waals surface area contributed by atoms with Crippen LogP contribution in [0.1, 0.15) is 45.6 Å². The average molecular weight is 474 g/mol. The summed E-state index contributed by atoms with van der Waals surface area (Å²) in [7, 11) is 0. The zero-order valence-electron chi connectivity index (χ0n) is 20.7. The summed E-state index contributed by atoms with van der Waals surface area (Å²) in [5.74, 6) is -0.226. The van der Waals surface area contributed by atoms with Crippen LogP contribution in [0.25, 0.3) is 0 Å². The van der Waals surface area contributed by atoms with Crippen molar-refractivity contribution in [2.45, 2.75) is 58.5 Å². The van der Waals surface area contributed by atoms with E-state index in [2.05, 4.69) is 71.7 Å². The molecule has 2 heterocycles. The zero-order valence-corrected chi connectivity index (χ0v) is 20.7. The van der Waals surface area contributed by atoms with Crippen molar-refractivity contribution in [3.05, 3.63) is 106 Å². The van der Waals surface area contributed by atoms with E-state index in [1.54, 1.807) is 6.08 Å². The molecule has 0 radical (unpaired) electrons. The van der Waals surface area contributed by atoms with E-state index in [0.717, 1.165) is 31.8 Å². The Labute approximate surface area is 206 Å². The first-order chi connectivity index (χ1) is 16.8.